The average molecular weight is 409 g/mol. The first kappa shape index (κ1) is 21.0. The molecule has 3 rings (SSSR count). The molecular formula is C23H23NO6. The molecule has 0 saturated heterocycles. The standard InChI is InChI=1S/C23H23NO6/c1-5-10-29-23(26)24(2)17-13-20(28-4)18-12-16(22(25)30-21(18)14-17)11-15-8-6-7-9-19(15)27-3/h5-9,12-14H,1,10-11H2,2-4H3. The number of carbonyl (C=O) groups is 1. The Morgan fingerprint density at radius 3 is 2.53 bits per heavy atom. The second kappa shape index (κ2) is 9.17. The van der Waals surface area contributed by atoms with Crippen LogP contribution in [0.5, 0.6) is 11.5 Å². The Labute approximate surface area is 174 Å². The Morgan fingerprint density at radius 1 is 1.10 bits per heavy atom. The zero-order chi connectivity index (χ0) is 21.7. The van der Waals surface area contributed by atoms with Crippen molar-refractivity contribution in [2.45, 2.75) is 6.42 Å². The van der Waals surface area contributed by atoms with E-state index in [2.05, 4.69) is 6.58 Å². The van der Waals surface area contributed by atoms with Crippen LogP contribution in [0.25, 0.3) is 11.0 Å². The van der Waals surface area contributed by atoms with Crippen LogP contribution in [0.1, 0.15) is 11.1 Å². The van der Waals surface area contributed by atoms with Crippen LogP contribution >= 0.6 is 0 Å². The molecule has 1 heterocycles. The highest BCUT2D eigenvalue weighted by molar-refractivity contribution is 5.93. The molecule has 1 amide bonds. The number of fused-ring (bicyclic) bond motifs is 1. The molecule has 0 radical (unpaired) electrons. The van der Waals surface area contributed by atoms with Crippen molar-refractivity contribution < 1.29 is 23.4 Å². The molecule has 30 heavy (non-hydrogen) atoms. The van der Waals surface area contributed by atoms with E-state index in [4.69, 9.17) is 18.6 Å². The molecule has 0 aliphatic rings. The number of amides is 1. The molecule has 0 spiro atoms. The lowest BCUT2D eigenvalue weighted by Gasteiger charge is -2.18. The summed E-state index contributed by atoms with van der Waals surface area (Å²) in [6, 6.07) is 12.5. The second-order valence-corrected chi connectivity index (χ2v) is 6.53. The number of methoxy groups -OCH3 is 2. The van der Waals surface area contributed by atoms with E-state index < -0.39 is 11.7 Å². The summed E-state index contributed by atoms with van der Waals surface area (Å²) < 4.78 is 21.5. The second-order valence-electron chi connectivity index (χ2n) is 6.53. The lowest BCUT2D eigenvalue weighted by molar-refractivity contribution is 0.167. The molecule has 0 atom stereocenters. The smallest absolute Gasteiger partial charge is 0.414 e. The van der Waals surface area contributed by atoms with Gasteiger partial charge in [-0.2, -0.15) is 0 Å². The van der Waals surface area contributed by atoms with Gasteiger partial charge < -0.3 is 18.6 Å². The van der Waals surface area contributed by atoms with E-state index >= 15 is 0 Å². The SMILES string of the molecule is C=CCOC(=O)N(C)c1cc(OC)c2cc(Cc3ccccc3OC)c(=O)oc2c1. The first-order chi connectivity index (χ1) is 14.5. The van der Waals surface area contributed by atoms with Gasteiger partial charge in [0.05, 0.1) is 25.3 Å². The summed E-state index contributed by atoms with van der Waals surface area (Å²) in [5, 5.41) is 0.624. The molecular weight excluding hydrogens is 386 g/mol. The fourth-order valence-electron chi connectivity index (χ4n) is 3.08. The number of hydrogen-bond donors (Lipinski definition) is 0. The molecule has 2 aromatic carbocycles. The minimum atomic E-state index is -0.563. The molecule has 0 unspecified atom stereocenters. The van der Waals surface area contributed by atoms with E-state index in [1.54, 1.807) is 32.4 Å². The van der Waals surface area contributed by atoms with Crippen molar-refractivity contribution in [3.63, 3.8) is 0 Å². The summed E-state index contributed by atoms with van der Waals surface area (Å²) in [5.41, 5.74) is 1.64. The maximum absolute atomic E-state index is 12.6. The molecule has 0 fully saturated rings. The number of benzene rings is 2. The van der Waals surface area contributed by atoms with Gasteiger partial charge in [-0.05, 0) is 17.7 Å². The van der Waals surface area contributed by atoms with Crippen LogP contribution in [-0.2, 0) is 11.2 Å². The summed E-state index contributed by atoms with van der Waals surface area (Å²) in [7, 11) is 4.66. The number of hydrogen-bond acceptors (Lipinski definition) is 6. The van der Waals surface area contributed by atoms with Crippen LogP contribution in [0, 0.1) is 0 Å². The Balaban J connectivity index is 2.03. The molecule has 7 heteroatoms. The van der Waals surface area contributed by atoms with E-state index in [1.807, 2.05) is 24.3 Å². The Bertz CT molecular complexity index is 1130. The van der Waals surface area contributed by atoms with Crippen molar-refractivity contribution in [3.8, 4) is 11.5 Å². The van der Waals surface area contributed by atoms with Crippen LogP contribution in [0.2, 0.25) is 0 Å². The van der Waals surface area contributed by atoms with Crippen LogP contribution in [0.15, 0.2) is 64.3 Å². The number of nitrogens with zero attached hydrogens (tertiary/aromatic N) is 1. The van der Waals surface area contributed by atoms with E-state index in [0.29, 0.717) is 40.1 Å². The van der Waals surface area contributed by atoms with Crippen molar-refractivity contribution in [1.82, 2.24) is 0 Å². The lowest BCUT2D eigenvalue weighted by atomic mass is 10.0. The van der Waals surface area contributed by atoms with Crippen molar-refractivity contribution >= 4 is 22.7 Å². The van der Waals surface area contributed by atoms with Gasteiger partial charge >= 0.3 is 11.7 Å². The van der Waals surface area contributed by atoms with Gasteiger partial charge in [-0.3, -0.25) is 4.90 Å². The lowest BCUT2D eigenvalue weighted by Crippen LogP contribution is -2.27. The topological polar surface area (TPSA) is 78.2 Å². The van der Waals surface area contributed by atoms with Crippen molar-refractivity contribution in [2.75, 3.05) is 32.8 Å². The maximum Gasteiger partial charge on any atom is 0.414 e. The number of carbonyl (C=O) groups excluding carboxylic acids is 1. The summed E-state index contributed by atoms with van der Waals surface area (Å²) in [6.07, 6.45) is 1.27. The van der Waals surface area contributed by atoms with Gasteiger partial charge in [0.25, 0.3) is 0 Å². The van der Waals surface area contributed by atoms with Crippen LogP contribution in [-0.4, -0.2) is 34.0 Å². The minimum absolute atomic E-state index is 0.0925. The summed E-state index contributed by atoms with van der Waals surface area (Å²) in [5.74, 6) is 1.16. The highest BCUT2D eigenvalue weighted by Crippen LogP contribution is 2.32. The Morgan fingerprint density at radius 2 is 1.83 bits per heavy atom. The zero-order valence-electron chi connectivity index (χ0n) is 17.1. The maximum atomic E-state index is 12.6. The summed E-state index contributed by atoms with van der Waals surface area (Å²) in [4.78, 5) is 26.1. The third kappa shape index (κ3) is 4.30. The molecule has 7 nitrogen and oxygen atoms in total. The fraction of sp³-hybridized carbons (Fsp3) is 0.217. The molecule has 0 aliphatic carbocycles. The Kier molecular flexibility index (Phi) is 6.41. The molecule has 1 aromatic heterocycles. The molecule has 3 aromatic rings. The van der Waals surface area contributed by atoms with Gasteiger partial charge in [-0.15, -0.1) is 0 Å². The predicted molar refractivity (Wildman–Crippen MR) is 115 cm³/mol. The third-order valence-electron chi connectivity index (χ3n) is 4.65. The number of para-hydroxylation sites is 1. The van der Waals surface area contributed by atoms with Crippen LogP contribution in [0.4, 0.5) is 10.5 Å². The van der Waals surface area contributed by atoms with E-state index in [1.165, 1.54) is 18.1 Å². The van der Waals surface area contributed by atoms with Gasteiger partial charge in [0.2, 0.25) is 0 Å². The van der Waals surface area contributed by atoms with Crippen molar-refractivity contribution in [1.29, 1.82) is 0 Å². The van der Waals surface area contributed by atoms with Gasteiger partial charge in [-0.25, -0.2) is 9.59 Å². The average Bonchev–Trinajstić information content (AvgIpc) is 2.77. The van der Waals surface area contributed by atoms with Gasteiger partial charge in [0, 0.05) is 31.2 Å². The quantitative estimate of drug-likeness (QED) is 0.431. The summed E-state index contributed by atoms with van der Waals surface area (Å²) >= 11 is 0. The third-order valence-corrected chi connectivity index (χ3v) is 4.65. The normalized spacial score (nSPS) is 10.5. The fourth-order valence-corrected chi connectivity index (χ4v) is 3.08. The number of rotatable bonds is 7. The highest BCUT2D eigenvalue weighted by atomic mass is 16.6. The first-order valence-electron chi connectivity index (χ1n) is 9.26. The van der Waals surface area contributed by atoms with Crippen molar-refractivity contribution in [2.24, 2.45) is 0 Å². The van der Waals surface area contributed by atoms with Gasteiger partial charge in [-0.1, -0.05) is 30.9 Å². The monoisotopic (exact) mass is 409 g/mol. The number of anilines is 1. The van der Waals surface area contributed by atoms with Crippen LogP contribution in [0.3, 0.4) is 0 Å². The minimum Gasteiger partial charge on any atom is -0.496 e. The molecule has 0 bridgehead atoms. The summed E-state index contributed by atoms with van der Waals surface area (Å²) in [6.45, 7) is 3.61. The molecule has 0 saturated carbocycles. The van der Waals surface area contributed by atoms with Crippen LogP contribution < -0.4 is 20.0 Å². The molecule has 0 N–H and O–H groups in total. The van der Waals surface area contributed by atoms with E-state index in [9.17, 15) is 9.59 Å². The van der Waals surface area contributed by atoms with Gasteiger partial charge in [0.15, 0.2) is 0 Å². The molecule has 0 aliphatic heterocycles. The van der Waals surface area contributed by atoms with E-state index in [0.717, 1.165) is 5.56 Å². The van der Waals surface area contributed by atoms with Crippen molar-refractivity contribution in [3.05, 3.63) is 76.7 Å². The number of ether oxygens (including phenoxy) is 3. The van der Waals surface area contributed by atoms with E-state index in [-0.39, 0.29) is 6.61 Å². The molecule has 156 valence electrons. The predicted octanol–water partition coefficient (Wildman–Crippen LogP) is 4.16. The zero-order valence-corrected chi connectivity index (χ0v) is 17.1. The van der Waals surface area contributed by atoms with Gasteiger partial charge in [0.1, 0.15) is 23.7 Å². The first-order valence-corrected chi connectivity index (χ1v) is 9.26. The largest absolute Gasteiger partial charge is 0.496 e. The Hall–Kier alpha value is -3.74. The highest BCUT2D eigenvalue weighted by Gasteiger charge is 2.18.